The van der Waals surface area contributed by atoms with Crippen LogP contribution in [0.2, 0.25) is 0 Å². The van der Waals surface area contributed by atoms with Crippen molar-refractivity contribution in [3.05, 3.63) is 40.7 Å². The number of hydrogen-bond donors (Lipinski definition) is 0. The van der Waals surface area contributed by atoms with Crippen molar-refractivity contribution >= 4 is 17.1 Å². The van der Waals surface area contributed by atoms with Gasteiger partial charge in [0.25, 0.3) is 0 Å². The van der Waals surface area contributed by atoms with Gasteiger partial charge in [-0.1, -0.05) is 43.7 Å². The first-order valence-corrected chi connectivity index (χ1v) is 8.14. The third-order valence-corrected chi connectivity index (χ3v) is 5.07. The third kappa shape index (κ3) is 2.83. The van der Waals surface area contributed by atoms with Crippen molar-refractivity contribution in [2.45, 2.75) is 32.6 Å². The van der Waals surface area contributed by atoms with Gasteiger partial charge in [-0.25, -0.2) is 4.98 Å². The maximum atomic E-state index is 12.3. The van der Waals surface area contributed by atoms with E-state index in [1.54, 1.807) is 11.3 Å². The number of carbonyl (C=O) groups is 1. The van der Waals surface area contributed by atoms with Gasteiger partial charge in [-0.3, -0.25) is 4.79 Å². The molecule has 2 atom stereocenters. The number of Topliss-reactive ketones (excluding diaryl/α,β-unsaturated/α-hetero) is 1. The lowest BCUT2D eigenvalue weighted by Gasteiger charge is -2.12. The predicted molar refractivity (Wildman–Crippen MR) is 82.8 cm³/mol. The maximum absolute atomic E-state index is 12.3. The summed E-state index contributed by atoms with van der Waals surface area (Å²) in [5.74, 6) is 1.19. The number of thiazole rings is 1. The molecule has 104 valence electrons. The second kappa shape index (κ2) is 5.88. The SMILES string of the molecule is CC1CCCC1C(=O)Cc1nc(-c2ccccc2)cs1. The zero-order valence-electron chi connectivity index (χ0n) is 11.7. The molecule has 0 saturated heterocycles. The summed E-state index contributed by atoms with van der Waals surface area (Å²) in [4.78, 5) is 17.0. The lowest BCUT2D eigenvalue weighted by molar-refractivity contribution is -0.123. The molecule has 1 aromatic carbocycles. The van der Waals surface area contributed by atoms with E-state index in [9.17, 15) is 4.79 Å². The lowest BCUT2D eigenvalue weighted by atomic mass is 9.92. The third-order valence-electron chi connectivity index (χ3n) is 4.22. The van der Waals surface area contributed by atoms with Gasteiger partial charge in [0.15, 0.2) is 0 Å². The van der Waals surface area contributed by atoms with Crippen LogP contribution in [0, 0.1) is 11.8 Å². The van der Waals surface area contributed by atoms with Crippen molar-refractivity contribution in [1.82, 2.24) is 4.98 Å². The molecule has 2 aromatic rings. The van der Waals surface area contributed by atoms with E-state index in [0.717, 1.165) is 22.7 Å². The maximum Gasteiger partial charge on any atom is 0.143 e. The summed E-state index contributed by atoms with van der Waals surface area (Å²) in [6.45, 7) is 2.20. The second-order valence-corrected chi connectivity index (χ2v) is 6.59. The summed E-state index contributed by atoms with van der Waals surface area (Å²) < 4.78 is 0. The number of ketones is 1. The fourth-order valence-corrected chi connectivity index (χ4v) is 3.85. The van der Waals surface area contributed by atoms with Crippen LogP contribution in [0.5, 0.6) is 0 Å². The van der Waals surface area contributed by atoms with Crippen LogP contribution in [0.3, 0.4) is 0 Å². The van der Waals surface area contributed by atoms with E-state index >= 15 is 0 Å². The molecule has 1 aliphatic rings. The van der Waals surface area contributed by atoms with Crippen molar-refractivity contribution in [1.29, 1.82) is 0 Å². The molecule has 0 amide bonds. The molecule has 1 aliphatic carbocycles. The number of carbonyl (C=O) groups excluding carboxylic acids is 1. The van der Waals surface area contributed by atoms with Crippen molar-refractivity contribution in [2.24, 2.45) is 11.8 Å². The van der Waals surface area contributed by atoms with Crippen molar-refractivity contribution in [2.75, 3.05) is 0 Å². The highest BCUT2D eigenvalue weighted by Crippen LogP contribution is 2.33. The van der Waals surface area contributed by atoms with Crippen LogP contribution >= 0.6 is 11.3 Å². The van der Waals surface area contributed by atoms with Gasteiger partial charge in [-0.2, -0.15) is 0 Å². The van der Waals surface area contributed by atoms with Gasteiger partial charge < -0.3 is 0 Å². The number of benzene rings is 1. The molecule has 2 nitrogen and oxygen atoms in total. The van der Waals surface area contributed by atoms with E-state index in [1.165, 1.54) is 12.8 Å². The van der Waals surface area contributed by atoms with Crippen LogP contribution < -0.4 is 0 Å². The first-order valence-electron chi connectivity index (χ1n) is 7.26. The highest BCUT2D eigenvalue weighted by atomic mass is 32.1. The minimum absolute atomic E-state index is 0.263. The lowest BCUT2D eigenvalue weighted by Crippen LogP contribution is -2.18. The Balaban J connectivity index is 1.70. The highest BCUT2D eigenvalue weighted by molar-refractivity contribution is 7.10. The summed E-state index contributed by atoms with van der Waals surface area (Å²) in [6.07, 6.45) is 3.97. The van der Waals surface area contributed by atoms with Crippen molar-refractivity contribution in [3.8, 4) is 11.3 Å². The second-order valence-electron chi connectivity index (χ2n) is 5.65. The van der Waals surface area contributed by atoms with Crippen LogP contribution in [0.4, 0.5) is 0 Å². The summed E-state index contributed by atoms with van der Waals surface area (Å²) in [5.41, 5.74) is 2.11. The zero-order valence-corrected chi connectivity index (χ0v) is 12.5. The molecule has 2 unspecified atom stereocenters. The van der Waals surface area contributed by atoms with E-state index in [4.69, 9.17) is 0 Å². The van der Waals surface area contributed by atoms with Crippen LogP contribution in [0.25, 0.3) is 11.3 Å². The smallest absolute Gasteiger partial charge is 0.143 e. The molecule has 20 heavy (non-hydrogen) atoms. The molecule has 0 spiro atoms. The van der Waals surface area contributed by atoms with Gasteiger partial charge in [-0.05, 0) is 18.8 Å². The normalized spacial score (nSPS) is 22.1. The Kier molecular flexibility index (Phi) is 3.97. The molecule has 0 aliphatic heterocycles. The van der Waals surface area contributed by atoms with Gasteiger partial charge in [-0.15, -0.1) is 11.3 Å². The van der Waals surface area contributed by atoms with Crippen LogP contribution in [-0.2, 0) is 11.2 Å². The molecule has 0 bridgehead atoms. The molecule has 1 fully saturated rings. The largest absolute Gasteiger partial charge is 0.299 e. The van der Waals surface area contributed by atoms with E-state index in [1.807, 2.05) is 18.2 Å². The van der Waals surface area contributed by atoms with Crippen molar-refractivity contribution < 1.29 is 4.79 Å². The molecule has 1 saturated carbocycles. The topological polar surface area (TPSA) is 30.0 Å². The summed E-state index contributed by atoms with van der Waals surface area (Å²) in [7, 11) is 0. The molecular formula is C17H19NOS. The Hall–Kier alpha value is -1.48. The Labute approximate surface area is 123 Å². The van der Waals surface area contributed by atoms with Gasteiger partial charge in [0.2, 0.25) is 0 Å². The first kappa shape index (κ1) is 13.5. The monoisotopic (exact) mass is 285 g/mol. The van der Waals surface area contributed by atoms with Gasteiger partial charge in [0, 0.05) is 16.9 Å². The first-order chi connectivity index (χ1) is 9.74. The molecule has 0 N–H and O–H groups in total. The number of rotatable bonds is 4. The Morgan fingerprint density at radius 3 is 2.80 bits per heavy atom. The molecule has 1 heterocycles. The van der Waals surface area contributed by atoms with E-state index in [-0.39, 0.29) is 5.92 Å². The van der Waals surface area contributed by atoms with Gasteiger partial charge in [0.1, 0.15) is 10.8 Å². The summed E-state index contributed by atoms with van der Waals surface area (Å²) >= 11 is 1.60. The standard InChI is InChI=1S/C17H19NOS/c1-12-6-5-9-14(12)16(19)10-17-18-15(11-20-17)13-7-3-2-4-8-13/h2-4,7-8,11-12,14H,5-6,9-10H2,1H3. The Morgan fingerprint density at radius 2 is 2.10 bits per heavy atom. The van der Waals surface area contributed by atoms with Crippen LogP contribution in [0.15, 0.2) is 35.7 Å². The molecular weight excluding hydrogens is 266 g/mol. The molecule has 3 heteroatoms. The number of aromatic nitrogens is 1. The number of nitrogens with zero attached hydrogens (tertiary/aromatic N) is 1. The van der Waals surface area contributed by atoms with E-state index in [0.29, 0.717) is 18.1 Å². The van der Waals surface area contributed by atoms with Crippen LogP contribution in [-0.4, -0.2) is 10.8 Å². The van der Waals surface area contributed by atoms with Gasteiger partial charge in [0.05, 0.1) is 12.1 Å². The quantitative estimate of drug-likeness (QED) is 0.835. The average molecular weight is 285 g/mol. The van der Waals surface area contributed by atoms with E-state index in [2.05, 4.69) is 29.4 Å². The average Bonchev–Trinajstić information content (AvgIpc) is 3.09. The Morgan fingerprint density at radius 1 is 1.30 bits per heavy atom. The highest BCUT2D eigenvalue weighted by Gasteiger charge is 2.29. The van der Waals surface area contributed by atoms with Crippen LogP contribution in [0.1, 0.15) is 31.2 Å². The van der Waals surface area contributed by atoms with E-state index < -0.39 is 0 Å². The fraction of sp³-hybridized carbons (Fsp3) is 0.412. The van der Waals surface area contributed by atoms with Gasteiger partial charge >= 0.3 is 0 Å². The number of hydrogen-bond acceptors (Lipinski definition) is 3. The predicted octanol–water partition coefficient (Wildman–Crippen LogP) is 4.36. The molecule has 0 radical (unpaired) electrons. The minimum atomic E-state index is 0.263. The zero-order chi connectivity index (χ0) is 13.9. The molecule has 1 aromatic heterocycles. The fourth-order valence-electron chi connectivity index (χ4n) is 3.04. The van der Waals surface area contributed by atoms with Crippen molar-refractivity contribution in [3.63, 3.8) is 0 Å². The summed E-state index contributed by atoms with van der Waals surface area (Å²) in [5, 5.41) is 3.00. The molecule has 3 rings (SSSR count). The minimum Gasteiger partial charge on any atom is -0.299 e. The Bertz CT molecular complexity index is 590. The summed E-state index contributed by atoms with van der Waals surface area (Å²) in [6, 6.07) is 10.1.